The second-order valence-corrected chi connectivity index (χ2v) is 3.48. The molecule has 0 aromatic heterocycles. The molecule has 2 bridgehead atoms. The third-order valence-electron chi connectivity index (χ3n) is 2.99. The van der Waals surface area contributed by atoms with E-state index >= 15 is 0 Å². The molecule has 0 unspecified atom stereocenters. The van der Waals surface area contributed by atoms with Crippen molar-refractivity contribution in [3.8, 4) is 0 Å². The van der Waals surface area contributed by atoms with Gasteiger partial charge in [0.05, 0.1) is 12.2 Å². The van der Waals surface area contributed by atoms with Gasteiger partial charge < -0.3 is 10.2 Å². The van der Waals surface area contributed by atoms with Crippen molar-refractivity contribution in [2.24, 2.45) is 11.8 Å². The summed E-state index contributed by atoms with van der Waals surface area (Å²) in [5.41, 5.74) is 1.88. The molecule has 2 N–H and O–H groups in total. The maximum absolute atomic E-state index is 9.42. The number of hydrogen-bond acceptors (Lipinski definition) is 2. The molecule has 2 aliphatic carbocycles. The fraction of sp³-hybridized carbons (Fsp3) is 0.556. The lowest BCUT2D eigenvalue weighted by Crippen LogP contribution is -2.33. The average molecular weight is 152 g/mol. The zero-order valence-corrected chi connectivity index (χ0v) is 6.33. The maximum Gasteiger partial charge on any atom is 0.0873 e. The zero-order chi connectivity index (χ0) is 8.17. The first-order chi connectivity index (χ1) is 5.13. The van der Waals surface area contributed by atoms with Crippen LogP contribution in [0.2, 0.25) is 0 Å². The van der Waals surface area contributed by atoms with Gasteiger partial charge in [-0.1, -0.05) is 13.2 Å². The summed E-state index contributed by atoms with van der Waals surface area (Å²) in [5, 5.41) is 18.8. The standard InChI is InChI=1S/C9H12O2/c1-4-5(2)7-3-6(4)8(10)9(7)11/h6-11H,1-3H2/t6-,7+,8-,9+. The average Bonchev–Trinajstić information content (AvgIpc) is 2.40. The molecule has 2 saturated carbocycles. The molecule has 0 aromatic rings. The molecule has 60 valence electrons. The Labute approximate surface area is 65.9 Å². The van der Waals surface area contributed by atoms with Crippen molar-refractivity contribution >= 4 is 0 Å². The van der Waals surface area contributed by atoms with E-state index in [0.717, 1.165) is 17.6 Å². The minimum absolute atomic E-state index is 0.0718. The largest absolute Gasteiger partial charge is 0.390 e. The topological polar surface area (TPSA) is 40.5 Å². The lowest BCUT2D eigenvalue weighted by Gasteiger charge is -2.25. The Hall–Kier alpha value is -0.600. The molecule has 2 fully saturated rings. The van der Waals surface area contributed by atoms with Gasteiger partial charge in [-0.2, -0.15) is 0 Å². The predicted molar refractivity (Wildman–Crippen MR) is 41.9 cm³/mol. The first-order valence-corrected chi connectivity index (χ1v) is 3.87. The molecule has 4 atom stereocenters. The van der Waals surface area contributed by atoms with Gasteiger partial charge in [0.15, 0.2) is 0 Å². The third kappa shape index (κ3) is 0.686. The van der Waals surface area contributed by atoms with Crippen LogP contribution in [0, 0.1) is 11.8 Å². The molecule has 2 nitrogen and oxygen atoms in total. The van der Waals surface area contributed by atoms with Gasteiger partial charge in [0.2, 0.25) is 0 Å². The summed E-state index contributed by atoms with van der Waals surface area (Å²) in [5.74, 6) is 0.144. The Morgan fingerprint density at radius 3 is 1.64 bits per heavy atom. The summed E-state index contributed by atoms with van der Waals surface area (Å²) in [7, 11) is 0. The van der Waals surface area contributed by atoms with E-state index in [4.69, 9.17) is 0 Å². The highest BCUT2D eigenvalue weighted by Gasteiger charge is 2.50. The van der Waals surface area contributed by atoms with Gasteiger partial charge in [-0.3, -0.25) is 0 Å². The van der Waals surface area contributed by atoms with Gasteiger partial charge in [-0.25, -0.2) is 0 Å². The molecule has 0 aliphatic heterocycles. The minimum atomic E-state index is -0.599. The van der Waals surface area contributed by atoms with Crippen LogP contribution in [0.15, 0.2) is 24.3 Å². The first-order valence-electron chi connectivity index (χ1n) is 3.87. The van der Waals surface area contributed by atoms with Gasteiger partial charge in [-0.05, 0) is 17.6 Å². The molecular formula is C9H12O2. The lowest BCUT2D eigenvalue weighted by molar-refractivity contribution is 0.00784. The van der Waals surface area contributed by atoms with Crippen LogP contribution in [0.4, 0.5) is 0 Å². The number of fused-ring (bicyclic) bond motifs is 2. The minimum Gasteiger partial charge on any atom is -0.390 e. The van der Waals surface area contributed by atoms with Crippen molar-refractivity contribution in [1.82, 2.24) is 0 Å². The highest BCUT2D eigenvalue weighted by Crippen LogP contribution is 2.50. The van der Waals surface area contributed by atoms with E-state index in [9.17, 15) is 10.2 Å². The van der Waals surface area contributed by atoms with Crippen LogP contribution in [0.1, 0.15) is 6.42 Å². The summed E-state index contributed by atoms with van der Waals surface area (Å²) in [6.45, 7) is 7.66. The molecular weight excluding hydrogens is 140 g/mol. The molecule has 11 heavy (non-hydrogen) atoms. The Morgan fingerprint density at radius 2 is 1.36 bits per heavy atom. The molecule has 2 aliphatic rings. The summed E-state index contributed by atoms with van der Waals surface area (Å²) >= 11 is 0. The molecule has 0 heterocycles. The number of aliphatic hydroxyl groups is 2. The fourth-order valence-corrected chi connectivity index (χ4v) is 2.20. The SMILES string of the molecule is C=C1C(=C)[C@@H]2C[C@H]1[C@@H](O)[C@H]2O. The van der Waals surface area contributed by atoms with Crippen molar-refractivity contribution in [3.63, 3.8) is 0 Å². The normalized spacial score (nSPS) is 48.9. The van der Waals surface area contributed by atoms with Crippen molar-refractivity contribution < 1.29 is 10.2 Å². The van der Waals surface area contributed by atoms with Gasteiger partial charge in [-0.15, -0.1) is 0 Å². The third-order valence-corrected chi connectivity index (χ3v) is 2.99. The monoisotopic (exact) mass is 152 g/mol. The van der Waals surface area contributed by atoms with E-state index in [2.05, 4.69) is 13.2 Å². The molecule has 0 aromatic carbocycles. The van der Waals surface area contributed by atoms with Crippen LogP contribution in [0.3, 0.4) is 0 Å². The molecule has 0 saturated heterocycles. The van der Waals surface area contributed by atoms with Crippen molar-refractivity contribution in [3.05, 3.63) is 24.3 Å². The highest BCUT2D eigenvalue weighted by atomic mass is 16.3. The second kappa shape index (κ2) is 1.96. The van der Waals surface area contributed by atoms with E-state index in [-0.39, 0.29) is 11.8 Å². The Kier molecular flexibility index (Phi) is 1.26. The van der Waals surface area contributed by atoms with Crippen LogP contribution in [-0.2, 0) is 0 Å². The van der Waals surface area contributed by atoms with Gasteiger partial charge in [0.1, 0.15) is 0 Å². The van der Waals surface area contributed by atoms with Crippen LogP contribution in [0.5, 0.6) is 0 Å². The van der Waals surface area contributed by atoms with E-state index in [1.807, 2.05) is 0 Å². The molecule has 2 rings (SSSR count). The van der Waals surface area contributed by atoms with Crippen LogP contribution in [-0.4, -0.2) is 22.4 Å². The number of hydrogen-bond donors (Lipinski definition) is 2. The summed E-state index contributed by atoms with van der Waals surface area (Å²) in [4.78, 5) is 0. The smallest absolute Gasteiger partial charge is 0.0873 e. The second-order valence-electron chi connectivity index (χ2n) is 3.48. The van der Waals surface area contributed by atoms with Gasteiger partial charge in [0.25, 0.3) is 0 Å². The zero-order valence-electron chi connectivity index (χ0n) is 6.33. The number of aliphatic hydroxyl groups excluding tert-OH is 2. The Bertz CT molecular complexity index is 208. The van der Waals surface area contributed by atoms with E-state index in [1.54, 1.807) is 0 Å². The first kappa shape index (κ1) is 7.07. The maximum atomic E-state index is 9.42. The summed E-state index contributed by atoms with van der Waals surface area (Å²) in [6.07, 6.45) is -0.365. The summed E-state index contributed by atoms with van der Waals surface area (Å²) < 4.78 is 0. The van der Waals surface area contributed by atoms with E-state index in [0.29, 0.717) is 0 Å². The fourth-order valence-electron chi connectivity index (χ4n) is 2.20. The van der Waals surface area contributed by atoms with Gasteiger partial charge in [0, 0.05) is 11.8 Å². The van der Waals surface area contributed by atoms with Crippen molar-refractivity contribution in [1.29, 1.82) is 0 Å². The van der Waals surface area contributed by atoms with Crippen LogP contribution >= 0.6 is 0 Å². The number of rotatable bonds is 0. The van der Waals surface area contributed by atoms with Crippen LogP contribution < -0.4 is 0 Å². The summed E-state index contributed by atoms with van der Waals surface area (Å²) in [6, 6.07) is 0. The molecule has 0 amide bonds. The quantitative estimate of drug-likeness (QED) is 0.529. The van der Waals surface area contributed by atoms with E-state index < -0.39 is 12.2 Å². The Morgan fingerprint density at radius 1 is 1.00 bits per heavy atom. The Balaban J connectivity index is 2.35. The van der Waals surface area contributed by atoms with E-state index in [1.165, 1.54) is 0 Å². The van der Waals surface area contributed by atoms with Gasteiger partial charge >= 0.3 is 0 Å². The molecule has 0 radical (unpaired) electrons. The van der Waals surface area contributed by atoms with Crippen molar-refractivity contribution in [2.45, 2.75) is 18.6 Å². The predicted octanol–water partition coefficient (Wildman–Crippen LogP) is 0.470. The van der Waals surface area contributed by atoms with Crippen molar-refractivity contribution in [2.75, 3.05) is 0 Å². The molecule has 2 heteroatoms. The molecule has 0 spiro atoms. The van der Waals surface area contributed by atoms with Crippen LogP contribution in [0.25, 0.3) is 0 Å². The lowest BCUT2D eigenvalue weighted by atomic mass is 9.88. The highest BCUT2D eigenvalue weighted by molar-refractivity contribution is 5.41.